The Hall–Kier alpha value is -1.55. The van der Waals surface area contributed by atoms with Gasteiger partial charge in [-0.05, 0) is 68.9 Å². The Morgan fingerprint density at radius 3 is 3.00 bits per heavy atom. The zero-order chi connectivity index (χ0) is 17.2. The number of unbranched alkanes of at least 4 members (excludes halogenated alkanes) is 3. The van der Waals surface area contributed by atoms with E-state index < -0.39 is 0 Å². The SMILES string of the molecule is CCO[C@H]1C[C@H]2CCC/C(=C\CCCC/C=C/C(=O)OC)C2=CO1. The number of allylic oxidation sites excluding steroid dienone is 4. The van der Waals surface area contributed by atoms with E-state index in [-0.39, 0.29) is 12.3 Å². The smallest absolute Gasteiger partial charge is 0.330 e. The first kappa shape index (κ1) is 18.8. The molecule has 0 aromatic heterocycles. The molecule has 0 saturated heterocycles. The number of esters is 1. The van der Waals surface area contributed by atoms with Gasteiger partial charge in [0.2, 0.25) is 0 Å². The quantitative estimate of drug-likeness (QED) is 0.368. The lowest BCUT2D eigenvalue weighted by molar-refractivity contribution is -0.134. The number of fused-ring (bicyclic) bond motifs is 1. The number of carbonyl (C=O) groups excluding carboxylic acids is 1. The van der Waals surface area contributed by atoms with Gasteiger partial charge in [0, 0.05) is 19.1 Å². The number of hydrogen-bond acceptors (Lipinski definition) is 4. The molecule has 0 aromatic rings. The molecular formula is C20H30O4. The summed E-state index contributed by atoms with van der Waals surface area (Å²) in [5.74, 6) is 0.318. The number of rotatable bonds is 8. The minimum Gasteiger partial charge on any atom is -0.472 e. The molecule has 1 saturated carbocycles. The van der Waals surface area contributed by atoms with Crippen LogP contribution < -0.4 is 0 Å². The van der Waals surface area contributed by atoms with E-state index in [0.29, 0.717) is 12.5 Å². The first-order chi connectivity index (χ1) is 11.7. The third kappa shape index (κ3) is 5.82. The average molecular weight is 334 g/mol. The molecule has 1 aliphatic carbocycles. The molecule has 1 aliphatic heterocycles. The molecule has 1 heterocycles. The van der Waals surface area contributed by atoms with Gasteiger partial charge >= 0.3 is 5.97 Å². The molecule has 1 fully saturated rings. The van der Waals surface area contributed by atoms with Crippen molar-refractivity contribution in [3.63, 3.8) is 0 Å². The fraction of sp³-hybridized carbons (Fsp3) is 0.650. The predicted octanol–water partition coefficient (Wildman–Crippen LogP) is 4.67. The molecule has 2 rings (SSSR count). The van der Waals surface area contributed by atoms with Crippen LogP contribution in [0.4, 0.5) is 0 Å². The molecule has 0 aromatic carbocycles. The Balaban J connectivity index is 1.76. The van der Waals surface area contributed by atoms with Gasteiger partial charge < -0.3 is 14.2 Å². The second-order valence-corrected chi connectivity index (χ2v) is 6.36. The number of ether oxygens (including phenoxy) is 3. The second kappa shape index (κ2) is 10.3. The first-order valence-corrected chi connectivity index (χ1v) is 9.15. The van der Waals surface area contributed by atoms with Gasteiger partial charge in [0.1, 0.15) is 0 Å². The van der Waals surface area contributed by atoms with E-state index in [1.54, 1.807) is 0 Å². The van der Waals surface area contributed by atoms with Crippen molar-refractivity contribution in [3.8, 4) is 0 Å². The van der Waals surface area contributed by atoms with E-state index in [4.69, 9.17) is 9.47 Å². The maximum atomic E-state index is 11.0. The molecule has 0 bridgehead atoms. The first-order valence-electron chi connectivity index (χ1n) is 9.15. The van der Waals surface area contributed by atoms with Gasteiger partial charge in [-0.3, -0.25) is 0 Å². The molecule has 0 spiro atoms. The molecular weight excluding hydrogens is 304 g/mol. The number of methoxy groups -OCH3 is 1. The fourth-order valence-electron chi connectivity index (χ4n) is 3.40. The highest BCUT2D eigenvalue weighted by molar-refractivity contribution is 5.81. The summed E-state index contributed by atoms with van der Waals surface area (Å²) in [4.78, 5) is 11.0. The summed E-state index contributed by atoms with van der Waals surface area (Å²) >= 11 is 0. The van der Waals surface area contributed by atoms with Gasteiger partial charge in [-0.2, -0.15) is 0 Å². The van der Waals surface area contributed by atoms with Gasteiger partial charge in [0.15, 0.2) is 6.29 Å². The van der Waals surface area contributed by atoms with E-state index in [0.717, 1.165) is 38.5 Å². The van der Waals surface area contributed by atoms with E-state index in [2.05, 4.69) is 10.8 Å². The lowest BCUT2D eigenvalue weighted by atomic mass is 9.78. The third-order valence-electron chi connectivity index (χ3n) is 4.66. The Morgan fingerprint density at radius 1 is 1.38 bits per heavy atom. The molecule has 0 amide bonds. The fourth-order valence-corrected chi connectivity index (χ4v) is 3.40. The minimum atomic E-state index is -0.278. The van der Waals surface area contributed by atoms with Crippen molar-refractivity contribution in [2.24, 2.45) is 5.92 Å². The highest BCUT2D eigenvalue weighted by atomic mass is 16.7. The van der Waals surface area contributed by atoms with Crippen LogP contribution in [0.15, 0.2) is 35.6 Å². The summed E-state index contributed by atoms with van der Waals surface area (Å²) in [6, 6.07) is 0. The molecule has 2 aliphatic rings. The van der Waals surface area contributed by atoms with Crippen molar-refractivity contribution in [3.05, 3.63) is 35.6 Å². The number of hydrogen-bond donors (Lipinski definition) is 0. The highest BCUT2D eigenvalue weighted by Gasteiger charge is 2.30. The largest absolute Gasteiger partial charge is 0.472 e. The Bertz CT molecular complexity index is 490. The molecule has 0 radical (unpaired) electrons. The van der Waals surface area contributed by atoms with E-state index in [9.17, 15) is 4.79 Å². The molecule has 4 heteroatoms. The summed E-state index contributed by atoms with van der Waals surface area (Å²) in [6.07, 6.45) is 16.5. The van der Waals surface area contributed by atoms with Gasteiger partial charge in [0.05, 0.1) is 13.4 Å². The molecule has 2 atom stereocenters. The van der Waals surface area contributed by atoms with Crippen molar-refractivity contribution in [2.45, 2.75) is 64.6 Å². The Kier molecular flexibility index (Phi) is 8.10. The summed E-state index contributed by atoms with van der Waals surface area (Å²) < 4.78 is 15.9. The van der Waals surface area contributed by atoms with Crippen molar-refractivity contribution in [1.82, 2.24) is 0 Å². The topological polar surface area (TPSA) is 44.8 Å². The summed E-state index contributed by atoms with van der Waals surface area (Å²) in [5.41, 5.74) is 2.86. The van der Waals surface area contributed by atoms with Crippen LogP contribution in [0.25, 0.3) is 0 Å². The lowest BCUT2D eigenvalue weighted by Crippen LogP contribution is -2.27. The van der Waals surface area contributed by atoms with Crippen LogP contribution in [0, 0.1) is 5.92 Å². The number of carbonyl (C=O) groups is 1. The highest BCUT2D eigenvalue weighted by Crippen LogP contribution is 2.40. The van der Waals surface area contributed by atoms with Crippen molar-refractivity contribution < 1.29 is 19.0 Å². The van der Waals surface area contributed by atoms with Crippen LogP contribution >= 0.6 is 0 Å². The molecule has 134 valence electrons. The Morgan fingerprint density at radius 2 is 2.21 bits per heavy atom. The van der Waals surface area contributed by atoms with E-state index in [1.165, 1.54) is 37.2 Å². The molecule has 24 heavy (non-hydrogen) atoms. The monoisotopic (exact) mass is 334 g/mol. The Labute approximate surface area is 145 Å². The van der Waals surface area contributed by atoms with Gasteiger partial charge in [-0.15, -0.1) is 0 Å². The minimum absolute atomic E-state index is 0.0651. The average Bonchev–Trinajstić information content (AvgIpc) is 2.60. The van der Waals surface area contributed by atoms with E-state index >= 15 is 0 Å². The lowest BCUT2D eigenvalue weighted by Gasteiger charge is -2.34. The normalized spacial score (nSPS) is 25.2. The molecule has 4 nitrogen and oxygen atoms in total. The zero-order valence-electron chi connectivity index (χ0n) is 15.0. The van der Waals surface area contributed by atoms with Crippen molar-refractivity contribution >= 4 is 5.97 Å². The summed E-state index contributed by atoms with van der Waals surface area (Å²) in [6.45, 7) is 2.71. The van der Waals surface area contributed by atoms with Crippen molar-refractivity contribution in [2.75, 3.05) is 13.7 Å². The maximum Gasteiger partial charge on any atom is 0.330 e. The van der Waals surface area contributed by atoms with Gasteiger partial charge in [0.25, 0.3) is 0 Å². The third-order valence-corrected chi connectivity index (χ3v) is 4.66. The molecule has 0 N–H and O–H groups in total. The van der Waals surface area contributed by atoms with Crippen molar-refractivity contribution in [1.29, 1.82) is 0 Å². The summed E-state index contributed by atoms with van der Waals surface area (Å²) in [5, 5.41) is 0. The second-order valence-electron chi connectivity index (χ2n) is 6.36. The van der Waals surface area contributed by atoms with Gasteiger partial charge in [-0.1, -0.05) is 12.2 Å². The van der Waals surface area contributed by atoms with Crippen LogP contribution in [-0.4, -0.2) is 26.0 Å². The maximum absolute atomic E-state index is 11.0. The van der Waals surface area contributed by atoms with Crippen LogP contribution in [0.1, 0.15) is 58.3 Å². The van der Waals surface area contributed by atoms with Crippen LogP contribution in [0.3, 0.4) is 0 Å². The van der Waals surface area contributed by atoms with Gasteiger partial charge in [-0.25, -0.2) is 4.79 Å². The van der Waals surface area contributed by atoms with E-state index in [1.807, 2.05) is 19.3 Å². The predicted molar refractivity (Wildman–Crippen MR) is 94.2 cm³/mol. The van der Waals surface area contributed by atoms with Crippen LogP contribution in [-0.2, 0) is 19.0 Å². The van der Waals surface area contributed by atoms with Crippen LogP contribution in [0.5, 0.6) is 0 Å². The van der Waals surface area contributed by atoms with Crippen LogP contribution in [0.2, 0.25) is 0 Å². The standard InChI is InChI=1S/C20H30O4/c1-3-23-20-14-17-12-9-11-16(18(17)15-24-20)10-7-5-4-6-8-13-19(21)22-2/h8,10,13,15,17,20H,3-7,9,11-12,14H2,1-2H3/b13-8+,16-10+/t17-,20-/m1/s1. The zero-order valence-corrected chi connectivity index (χ0v) is 15.0. The summed E-state index contributed by atoms with van der Waals surface area (Å²) in [7, 11) is 1.40. The molecule has 0 unspecified atom stereocenters.